The maximum Gasteiger partial charge on any atom is 0.234 e. The molecule has 26 heavy (non-hydrogen) atoms. The first-order chi connectivity index (χ1) is 12.6. The highest BCUT2D eigenvalue weighted by molar-refractivity contribution is 6.31. The van der Waals surface area contributed by atoms with Crippen molar-refractivity contribution in [3.8, 4) is 0 Å². The topological polar surface area (TPSA) is 46.9 Å². The van der Waals surface area contributed by atoms with E-state index >= 15 is 0 Å². The highest BCUT2D eigenvalue weighted by atomic mass is 35.5. The first-order valence-electron chi connectivity index (χ1n) is 8.70. The highest BCUT2D eigenvalue weighted by Crippen LogP contribution is 2.23. The third-order valence-electron chi connectivity index (χ3n) is 4.58. The molecular formula is C21H22ClN3O. The van der Waals surface area contributed by atoms with E-state index in [9.17, 15) is 4.79 Å². The summed E-state index contributed by atoms with van der Waals surface area (Å²) in [7, 11) is 1.90. The van der Waals surface area contributed by atoms with Gasteiger partial charge < -0.3 is 4.57 Å². The largest absolute Gasteiger partial charge is 0.317 e. The first kappa shape index (κ1) is 18.2. The summed E-state index contributed by atoms with van der Waals surface area (Å²) >= 11 is 6.25. The molecule has 0 aliphatic rings. The molecule has 1 N–H and O–H groups in total. The molecule has 5 heteroatoms. The van der Waals surface area contributed by atoms with Crippen LogP contribution in [0.15, 0.2) is 60.8 Å². The Labute approximate surface area is 158 Å². The van der Waals surface area contributed by atoms with Gasteiger partial charge in [-0.3, -0.25) is 10.1 Å². The molecule has 0 aliphatic carbocycles. The Morgan fingerprint density at radius 3 is 2.54 bits per heavy atom. The van der Waals surface area contributed by atoms with Gasteiger partial charge in [0.2, 0.25) is 11.9 Å². The minimum atomic E-state index is -0.195. The van der Waals surface area contributed by atoms with Crippen molar-refractivity contribution in [3.05, 3.63) is 82.6 Å². The van der Waals surface area contributed by atoms with E-state index < -0.39 is 0 Å². The van der Waals surface area contributed by atoms with Gasteiger partial charge in [-0.1, -0.05) is 67.1 Å². The SMILES string of the molecule is CCC(C(=O)Nc1ncc(Cc2ccccc2Cl)n1C)c1ccccc1. The van der Waals surface area contributed by atoms with Crippen LogP contribution < -0.4 is 5.32 Å². The van der Waals surface area contributed by atoms with E-state index in [1.165, 1.54) is 0 Å². The van der Waals surface area contributed by atoms with E-state index in [0.29, 0.717) is 12.4 Å². The summed E-state index contributed by atoms with van der Waals surface area (Å²) < 4.78 is 1.90. The zero-order chi connectivity index (χ0) is 18.5. The number of halogens is 1. The van der Waals surface area contributed by atoms with Crippen molar-refractivity contribution in [1.29, 1.82) is 0 Å². The van der Waals surface area contributed by atoms with Crippen LogP contribution >= 0.6 is 11.6 Å². The van der Waals surface area contributed by atoms with Gasteiger partial charge in [-0.2, -0.15) is 0 Å². The number of anilines is 1. The fourth-order valence-corrected chi connectivity index (χ4v) is 3.22. The van der Waals surface area contributed by atoms with E-state index in [2.05, 4.69) is 10.3 Å². The van der Waals surface area contributed by atoms with Crippen molar-refractivity contribution in [2.24, 2.45) is 7.05 Å². The fraction of sp³-hybridized carbons (Fsp3) is 0.238. The Bertz CT molecular complexity index is 889. The molecule has 0 spiro atoms. The first-order valence-corrected chi connectivity index (χ1v) is 9.07. The summed E-state index contributed by atoms with van der Waals surface area (Å²) in [6, 6.07) is 17.6. The van der Waals surface area contributed by atoms with Crippen LogP contribution in [0.4, 0.5) is 5.95 Å². The van der Waals surface area contributed by atoms with E-state index in [1.54, 1.807) is 6.20 Å². The van der Waals surface area contributed by atoms with Gasteiger partial charge in [-0.15, -0.1) is 0 Å². The van der Waals surface area contributed by atoms with Gasteiger partial charge in [-0.05, 0) is 23.6 Å². The number of nitrogens with one attached hydrogen (secondary N) is 1. The lowest BCUT2D eigenvalue weighted by Gasteiger charge is -2.15. The Balaban J connectivity index is 1.75. The summed E-state index contributed by atoms with van der Waals surface area (Å²) in [6.07, 6.45) is 3.17. The molecule has 1 amide bonds. The van der Waals surface area contributed by atoms with Gasteiger partial charge in [-0.25, -0.2) is 4.98 Å². The van der Waals surface area contributed by atoms with Crippen molar-refractivity contribution < 1.29 is 4.79 Å². The second kappa shape index (κ2) is 8.19. The monoisotopic (exact) mass is 367 g/mol. The van der Waals surface area contributed by atoms with Crippen molar-refractivity contribution in [3.63, 3.8) is 0 Å². The molecule has 1 unspecified atom stereocenters. The standard InChI is InChI=1S/C21H22ClN3O/c1-3-18(15-9-5-4-6-10-15)20(26)24-21-23-14-17(25(21)2)13-16-11-7-8-12-19(16)22/h4-12,14,18H,3,13H2,1-2H3,(H,23,24,26). The Morgan fingerprint density at radius 1 is 1.15 bits per heavy atom. The van der Waals surface area contributed by atoms with Gasteiger partial charge >= 0.3 is 0 Å². The van der Waals surface area contributed by atoms with Crippen molar-refractivity contribution in [1.82, 2.24) is 9.55 Å². The van der Waals surface area contributed by atoms with E-state index in [4.69, 9.17) is 11.6 Å². The predicted molar refractivity (Wildman–Crippen MR) is 106 cm³/mol. The van der Waals surface area contributed by atoms with Crippen molar-refractivity contribution in [2.75, 3.05) is 5.32 Å². The Hall–Kier alpha value is -2.59. The van der Waals surface area contributed by atoms with Crippen molar-refractivity contribution >= 4 is 23.5 Å². The van der Waals surface area contributed by atoms with Gasteiger partial charge in [0.1, 0.15) is 0 Å². The maximum atomic E-state index is 12.7. The number of aromatic nitrogens is 2. The molecule has 1 heterocycles. The number of carbonyl (C=O) groups excluding carboxylic acids is 1. The summed E-state index contributed by atoms with van der Waals surface area (Å²) in [5.41, 5.74) is 3.03. The highest BCUT2D eigenvalue weighted by Gasteiger charge is 2.20. The second-order valence-electron chi connectivity index (χ2n) is 6.26. The molecule has 0 saturated heterocycles. The molecule has 1 atom stereocenters. The lowest BCUT2D eigenvalue weighted by atomic mass is 9.96. The summed E-state index contributed by atoms with van der Waals surface area (Å²) in [5, 5.41) is 3.69. The lowest BCUT2D eigenvalue weighted by Crippen LogP contribution is -2.22. The molecule has 0 fully saturated rings. The van der Waals surface area contributed by atoms with Crippen LogP contribution in [0.3, 0.4) is 0 Å². The van der Waals surface area contributed by atoms with Gasteiger partial charge in [0.15, 0.2) is 0 Å². The predicted octanol–water partition coefficient (Wildman–Crippen LogP) is 4.80. The normalized spacial score (nSPS) is 12.0. The zero-order valence-electron chi connectivity index (χ0n) is 14.9. The van der Waals surface area contributed by atoms with Crippen LogP contribution in [-0.2, 0) is 18.3 Å². The third kappa shape index (κ3) is 3.97. The van der Waals surface area contributed by atoms with Gasteiger partial charge in [0, 0.05) is 24.2 Å². The molecule has 134 valence electrons. The molecule has 3 rings (SSSR count). The van der Waals surface area contributed by atoms with E-state index in [-0.39, 0.29) is 11.8 Å². The van der Waals surface area contributed by atoms with Crippen LogP contribution in [-0.4, -0.2) is 15.5 Å². The lowest BCUT2D eigenvalue weighted by molar-refractivity contribution is -0.117. The molecule has 3 aromatic rings. The molecule has 0 aliphatic heterocycles. The number of imidazole rings is 1. The quantitative estimate of drug-likeness (QED) is 0.680. The summed E-state index contributed by atoms with van der Waals surface area (Å²) in [6.45, 7) is 2.01. The molecule has 1 aromatic heterocycles. The third-order valence-corrected chi connectivity index (χ3v) is 4.94. The number of benzene rings is 2. The van der Waals surface area contributed by atoms with E-state index in [1.807, 2.05) is 73.1 Å². The number of nitrogens with zero attached hydrogens (tertiary/aromatic N) is 2. The number of hydrogen-bond acceptors (Lipinski definition) is 2. The molecule has 2 aromatic carbocycles. The zero-order valence-corrected chi connectivity index (χ0v) is 15.7. The minimum Gasteiger partial charge on any atom is -0.317 e. The maximum absolute atomic E-state index is 12.7. The number of rotatable bonds is 6. The minimum absolute atomic E-state index is 0.0447. The fourth-order valence-electron chi connectivity index (χ4n) is 3.02. The number of amides is 1. The van der Waals surface area contributed by atoms with Gasteiger partial charge in [0.25, 0.3) is 0 Å². The smallest absolute Gasteiger partial charge is 0.234 e. The van der Waals surface area contributed by atoms with Crippen LogP contribution in [0, 0.1) is 0 Å². The molecular weight excluding hydrogens is 346 g/mol. The van der Waals surface area contributed by atoms with Gasteiger partial charge in [0.05, 0.1) is 12.1 Å². The van der Waals surface area contributed by atoms with Crippen LogP contribution in [0.1, 0.15) is 36.1 Å². The number of carbonyl (C=O) groups is 1. The van der Waals surface area contributed by atoms with Crippen LogP contribution in [0.2, 0.25) is 5.02 Å². The molecule has 4 nitrogen and oxygen atoms in total. The van der Waals surface area contributed by atoms with Crippen LogP contribution in [0.5, 0.6) is 0 Å². The van der Waals surface area contributed by atoms with E-state index in [0.717, 1.165) is 28.3 Å². The molecule has 0 saturated carbocycles. The number of hydrogen-bond donors (Lipinski definition) is 1. The second-order valence-corrected chi connectivity index (χ2v) is 6.67. The molecule has 0 bridgehead atoms. The van der Waals surface area contributed by atoms with Crippen LogP contribution in [0.25, 0.3) is 0 Å². The average molecular weight is 368 g/mol. The summed E-state index contributed by atoms with van der Waals surface area (Å²) in [5.74, 6) is 0.308. The van der Waals surface area contributed by atoms with Crippen molar-refractivity contribution in [2.45, 2.75) is 25.7 Å². The summed E-state index contributed by atoms with van der Waals surface area (Å²) in [4.78, 5) is 17.1. The average Bonchev–Trinajstić information content (AvgIpc) is 2.98. The Morgan fingerprint density at radius 2 is 1.85 bits per heavy atom. The molecule has 0 radical (unpaired) electrons. The Kier molecular flexibility index (Phi) is 5.74.